The van der Waals surface area contributed by atoms with Crippen molar-refractivity contribution >= 4 is 23.9 Å². The highest BCUT2D eigenvalue weighted by atomic mass is 16.6. The van der Waals surface area contributed by atoms with Gasteiger partial charge in [0.1, 0.15) is 0 Å². The molecule has 0 bridgehead atoms. The average Bonchev–Trinajstić information content (AvgIpc) is 2.60. The molecule has 0 aliphatic heterocycles. The molecule has 0 aliphatic carbocycles. The zero-order valence-corrected chi connectivity index (χ0v) is 20.2. The van der Waals surface area contributed by atoms with Crippen LogP contribution in [0.1, 0.15) is 99.8 Å². The van der Waals surface area contributed by atoms with Crippen LogP contribution in [0.5, 0.6) is 0 Å². The Morgan fingerprint density at radius 3 is 1.35 bits per heavy atom. The summed E-state index contributed by atoms with van der Waals surface area (Å²) in [5, 5.41) is 0. The summed E-state index contributed by atoms with van der Waals surface area (Å²) < 4.78 is 21.4. The predicted octanol–water partition coefficient (Wildman–Crippen LogP) is 4.26. The van der Waals surface area contributed by atoms with E-state index in [4.69, 9.17) is 18.9 Å². The summed E-state index contributed by atoms with van der Waals surface area (Å²) in [7, 11) is 0. The fraction of sp³-hybridized carbons (Fsp3) is 0.826. The first-order valence-corrected chi connectivity index (χ1v) is 11.3. The molecule has 0 radical (unpaired) electrons. The molecule has 0 aliphatic rings. The van der Waals surface area contributed by atoms with Crippen LogP contribution in [-0.2, 0) is 38.1 Å². The Morgan fingerprint density at radius 1 is 0.677 bits per heavy atom. The van der Waals surface area contributed by atoms with E-state index in [9.17, 15) is 19.2 Å². The van der Waals surface area contributed by atoms with Crippen LogP contribution in [-0.4, -0.2) is 47.8 Å². The van der Waals surface area contributed by atoms with Crippen LogP contribution in [0.4, 0.5) is 0 Å². The minimum Gasteiger partial charge on any atom is -0.463 e. The zero-order chi connectivity index (χ0) is 24.0. The first-order valence-electron chi connectivity index (χ1n) is 11.3. The average molecular weight is 445 g/mol. The van der Waals surface area contributed by atoms with E-state index < -0.39 is 48.4 Å². The Bertz CT molecular complexity index is 558. The Balaban J connectivity index is 5.79. The lowest BCUT2D eigenvalue weighted by Crippen LogP contribution is -2.49. The van der Waals surface area contributed by atoms with E-state index in [0.717, 1.165) is 26.2 Å². The van der Waals surface area contributed by atoms with Crippen molar-refractivity contribution in [2.45, 2.75) is 124 Å². The summed E-state index contributed by atoms with van der Waals surface area (Å²) in [4.78, 5) is 50.1. The molecule has 0 fully saturated rings. The number of rotatable bonds is 15. The van der Waals surface area contributed by atoms with Crippen LogP contribution >= 0.6 is 0 Å². The molecule has 0 aromatic rings. The van der Waals surface area contributed by atoms with Crippen molar-refractivity contribution in [2.75, 3.05) is 0 Å². The third-order valence-electron chi connectivity index (χ3n) is 4.63. The van der Waals surface area contributed by atoms with Gasteiger partial charge in [-0.25, -0.2) is 4.79 Å². The Labute approximate surface area is 186 Å². The lowest BCUT2D eigenvalue weighted by atomic mass is 9.94. The lowest BCUT2D eigenvalue weighted by Gasteiger charge is -2.31. The monoisotopic (exact) mass is 444 g/mol. The van der Waals surface area contributed by atoms with Crippen molar-refractivity contribution in [1.82, 2.24) is 0 Å². The van der Waals surface area contributed by atoms with Crippen molar-refractivity contribution in [1.29, 1.82) is 0 Å². The molecule has 31 heavy (non-hydrogen) atoms. The van der Waals surface area contributed by atoms with E-state index in [1.165, 1.54) is 0 Å². The van der Waals surface area contributed by atoms with Gasteiger partial charge in [0.25, 0.3) is 0 Å². The first kappa shape index (κ1) is 28.9. The SMILES string of the molecule is CCCC(C)OC(=O)CC(CC(=O)OC(C)CCC)(OC(C)=O)C(=O)OC(C)CCC. The van der Waals surface area contributed by atoms with Crippen LogP contribution in [0.2, 0.25) is 0 Å². The molecule has 180 valence electrons. The minimum atomic E-state index is -2.14. The number of hydrogen-bond acceptors (Lipinski definition) is 8. The van der Waals surface area contributed by atoms with E-state index in [-0.39, 0.29) is 12.2 Å². The maximum atomic E-state index is 13.1. The van der Waals surface area contributed by atoms with Gasteiger partial charge in [-0.3, -0.25) is 14.4 Å². The normalized spacial score (nSPS) is 15.7. The minimum absolute atomic E-state index is 0.376. The molecule has 8 nitrogen and oxygen atoms in total. The van der Waals surface area contributed by atoms with Gasteiger partial charge in [0.05, 0.1) is 31.2 Å². The molecule has 0 aromatic heterocycles. The predicted molar refractivity (Wildman–Crippen MR) is 115 cm³/mol. The van der Waals surface area contributed by atoms with Gasteiger partial charge in [0.2, 0.25) is 5.60 Å². The second-order valence-corrected chi connectivity index (χ2v) is 8.12. The van der Waals surface area contributed by atoms with Gasteiger partial charge in [0, 0.05) is 6.92 Å². The highest BCUT2D eigenvalue weighted by molar-refractivity contribution is 5.92. The first-order chi connectivity index (χ1) is 14.5. The van der Waals surface area contributed by atoms with Crippen molar-refractivity contribution in [3.05, 3.63) is 0 Å². The molecule has 3 atom stereocenters. The van der Waals surface area contributed by atoms with E-state index in [2.05, 4.69) is 0 Å². The number of esters is 4. The van der Waals surface area contributed by atoms with Gasteiger partial charge in [-0.2, -0.15) is 0 Å². The van der Waals surface area contributed by atoms with Crippen molar-refractivity contribution in [3.8, 4) is 0 Å². The van der Waals surface area contributed by atoms with Gasteiger partial charge in [0.15, 0.2) is 0 Å². The van der Waals surface area contributed by atoms with E-state index in [0.29, 0.717) is 19.3 Å². The quantitative estimate of drug-likeness (QED) is 0.272. The Kier molecular flexibility index (Phi) is 13.8. The van der Waals surface area contributed by atoms with E-state index >= 15 is 0 Å². The third-order valence-corrected chi connectivity index (χ3v) is 4.63. The maximum Gasteiger partial charge on any atom is 0.352 e. The second-order valence-electron chi connectivity index (χ2n) is 8.12. The van der Waals surface area contributed by atoms with Crippen molar-refractivity contribution in [3.63, 3.8) is 0 Å². The Hall–Kier alpha value is -2.12. The molecule has 3 unspecified atom stereocenters. The fourth-order valence-electron chi connectivity index (χ4n) is 3.28. The summed E-state index contributed by atoms with van der Waals surface area (Å²) in [6.45, 7) is 12.1. The van der Waals surface area contributed by atoms with Crippen LogP contribution < -0.4 is 0 Å². The summed E-state index contributed by atoms with van der Waals surface area (Å²) >= 11 is 0. The van der Waals surface area contributed by atoms with Gasteiger partial charge in [-0.15, -0.1) is 0 Å². The summed E-state index contributed by atoms with van der Waals surface area (Å²) in [6, 6.07) is 0. The maximum absolute atomic E-state index is 13.1. The summed E-state index contributed by atoms with van der Waals surface area (Å²) in [6.07, 6.45) is 1.76. The van der Waals surface area contributed by atoms with Crippen molar-refractivity contribution < 1.29 is 38.1 Å². The second kappa shape index (κ2) is 14.8. The molecule has 0 amide bonds. The number of carbonyl (C=O) groups is 4. The van der Waals surface area contributed by atoms with Crippen LogP contribution in [0.15, 0.2) is 0 Å². The largest absolute Gasteiger partial charge is 0.463 e. The van der Waals surface area contributed by atoms with Crippen LogP contribution in [0.25, 0.3) is 0 Å². The van der Waals surface area contributed by atoms with Gasteiger partial charge >= 0.3 is 23.9 Å². The topological polar surface area (TPSA) is 105 Å². The summed E-state index contributed by atoms with van der Waals surface area (Å²) in [5.41, 5.74) is -2.14. The number of carbonyl (C=O) groups excluding carboxylic acids is 4. The van der Waals surface area contributed by atoms with E-state index in [1.54, 1.807) is 20.8 Å². The smallest absolute Gasteiger partial charge is 0.352 e. The molecule has 0 saturated heterocycles. The molecule has 0 rings (SSSR count). The van der Waals surface area contributed by atoms with Gasteiger partial charge < -0.3 is 18.9 Å². The van der Waals surface area contributed by atoms with Gasteiger partial charge in [-0.05, 0) is 40.0 Å². The highest BCUT2D eigenvalue weighted by Crippen LogP contribution is 2.27. The highest BCUT2D eigenvalue weighted by Gasteiger charge is 2.49. The molecule has 0 saturated carbocycles. The molecule has 0 spiro atoms. The molecular weight excluding hydrogens is 404 g/mol. The van der Waals surface area contributed by atoms with Crippen LogP contribution in [0.3, 0.4) is 0 Å². The molecule has 0 heterocycles. The lowest BCUT2D eigenvalue weighted by molar-refractivity contribution is -0.194. The Morgan fingerprint density at radius 2 is 1.03 bits per heavy atom. The standard InChI is InChI=1S/C23H40O8/c1-8-11-16(4)28-20(25)14-23(31-19(7)24,22(27)30-18(6)13-10-3)15-21(26)29-17(5)12-9-2/h16-18H,8-15H2,1-7H3. The molecule has 8 heteroatoms. The third kappa shape index (κ3) is 11.7. The fourth-order valence-corrected chi connectivity index (χ4v) is 3.28. The molecule has 0 N–H and O–H groups in total. The van der Waals surface area contributed by atoms with E-state index in [1.807, 2.05) is 20.8 Å². The molecular formula is C23H40O8. The zero-order valence-electron chi connectivity index (χ0n) is 20.2. The number of hydrogen-bond donors (Lipinski definition) is 0. The van der Waals surface area contributed by atoms with Gasteiger partial charge in [-0.1, -0.05) is 40.0 Å². The number of ether oxygens (including phenoxy) is 4. The van der Waals surface area contributed by atoms with Crippen molar-refractivity contribution in [2.24, 2.45) is 0 Å². The van der Waals surface area contributed by atoms with Crippen LogP contribution in [0, 0.1) is 0 Å². The molecule has 0 aromatic carbocycles. The summed E-state index contributed by atoms with van der Waals surface area (Å²) in [5.74, 6) is -3.28.